The molecule has 8 heteroatoms. The lowest BCUT2D eigenvalue weighted by Crippen LogP contribution is -2.14. The fourth-order valence-corrected chi connectivity index (χ4v) is 4.17. The molecule has 0 saturated heterocycles. The van der Waals surface area contributed by atoms with Crippen molar-refractivity contribution in [1.29, 1.82) is 0 Å². The Labute approximate surface area is 212 Å². The minimum atomic E-state index is -0.568. The van der Waals surface area contributed by atoms with E-state index >= 15 is 0 Å². The molecule has 182 valence electrons. The number of rotatable bonds is 5. The van der Waals surface area contributed by atoms with Crippen molar-refractivity contribution in [3.05, 3.63) is 109 Å². The highest BCUT2D eigenvalue weighted by Crippen LogP contribution is 2.34. The van der Waals surface area contributed by atoms with Crippen molar-refractivity contribution in [2.75, 3.05) is 7.05 Å². The summed E-state index contributed by atoms with van der Waals surface area (Å²) in [4.78, 5) is 17.3. The fraction of sp³-hybridized carbons (Fsp3) is 0.0345. The van der Waals surface area contributed by atoms with E-state index in [-0.39, 0.29) is 11.3 Å². The largest absolute Gasteiger partial charge is 0.404 e. The Balaban J connectivity index is 1.61. The second-order valence-corrected chi connectivity index (χ2v) is 8.28. The van der Waals surface area contributed by atoms with Crippen LogP contribution >= 0.6 is 0 Å². The summed E-state index contributed by atoms with van der Waals surface area (Å²) in [7, 11) is 1.61. The maximum atomic E-state index is 14.6. The van der Waals surface area contributed by atoms with Gasteiger partial charge in [0, 0.05) is 59.5 Å². The Hall–Kier alpha value is -4.98. The Morgan fingerprint density at radius 2 is 1.68 bits per heavy atom. The SMILES string of the molecule is CN=C(N)C(=CN)c1ccc(-c2cncc(-c3cc(-c4cc(F)ccc4F)nc4ncccc34)c2)cc1. The molecule has 0 atom stereocenters. The van der Waals surface area contributed by atoms with Crippen molar-refractivity contribution < 1.29 is 8.78 Å². The van der Waals surface area contributed by atoms with Gasteiger partial charge < -0.3 is 11.5 Å². The van der Waals surface area contributed by atoms with Gasteiger partial charge in [0.2, 0.25) is 0 Å². The number of hydrogen-bond acceptors (Lipinski definition) is 5. The molecule has 0 fully saturated rings. The van der Waals surface area contributed by atoms with E-state index in [4.69, 9.17) is 11.5 Å². The van der Waals surface area contributed by atoms with Crippen LogP contribution in [0.4, 0.5) is 8.78 Å². The van der Waals surface area contributed by atoms with Gasteiger partial charge in [0.25, 0.3) is 0 Å². The van der Waals surface area contributed by atoms with Crippen molar-refractivity contribution >= 4 is 22.4 Å². The molecule has 0 spiro atoms. The van der Waals surface area contributed by atoms with Crippen molar-refractivity contribution in [3.63, 3.8) is 0 Å². The first kappa shape index (κ1) is 23.7. The van der Waals surface area contributed by atoms with Crippen LogP contribution in [0.1, 0.15) is 5.56 Å². The van der Waals surface area contributed by atoms with Crippen LogP contribution in [0.2, 0.25) is 0 Å². The van der Waals surface area contributed by atoms with Gasteiger partial charge >= 0.3 is 0 Å². The molecule has 2 aromatic carbocycles. The van der Waals surface area contributed by atoms with E-state index in [9.17, 15) is 8.78 Å². The second-order valence-electron chi connectivity index (χ2n) is 8.28. The summed E-state index contributed by atoms with van der Waals surface area (Å²) in [6, 6.07) is 18.4. The number of hydrogen-bond donors (Lipinski definition) is 2. The summed E-state index contributed by atoms with van der Waals surface area (Å²) in [6.45, 7) is 0. The molecule has 0 radical (unpaired) electrons. The molecule has 0 aliphatic carbocycles. The highest BCUT2D eigenvalue weighted by molar-refractivity contribution is 6.21. The molecule has 0 saturated carbocycles. The predicted molar refractivity (Wildman–Crippen MR) is 143 cm³/mol. The maximum Gasteiger partial charge on any atom is 0.160 e. The molecule has 5 rings (SSSR count). The van der Waals surface area contributed by atoms with Crippen molar-refractivity contribution in [2.24, 2.45) is 16.5 Å². The van der Waals surface area contributed by atoms with Crippen LogP contribution in [0.5, 0.6) is 0 Å². The first-order valence-corrected chi connectivity index (χ1v) is 11.4. The van der Waals surface area contributed by atoms with E-state index in [1.54, 1.807) is 37.8 Å². The average Bonchev–Trinajstić information content (AvgIpc) is 2.94. The highest BCUT2D eigenvalue weighted by Gasteiger charge is 2.15. The summed E-state index contributed by atoms with van der Waals surface area (Å²) < 4.78 is 28.5. The molecule has 0 unspecified atom stereocenters. The minimum Gasteiger partial charge on any atom is -0.404 e. The quantitative estimate of drug-likeness (QED) is 0.246. The third kappa shape index (κ3) is 4.64. The first-order valence-electron chi connectivity index (χ1n) is 11.4. The van der Waals surface area contributed by atoms with Gasteiger partial charge in [0.05, 0.1) is 5.69 Å². The van der Waals surface area contributed by atoms with Crippen LogP contribution in [-0.2, 0) is 0 Å². The molecule has 3 aromatic heterocycles. The molecule has 6 nitrogen and oxygen atoms in total. The molecule has 0 bridgehead atoms. The molecule has 0 aliphatic heterocycles. The van der Waals surface area contributed by atoms with Gasteiger partial charge in [-0.2, -0.15) is 0 Å². The number of nitrogens with two attached hydrogens (primary N) is 2. The zero-order valence-corrected chi connectivity index (χ0v) is 19.9. The molecule has 5 aromatic rings. The molecule has 3 heterocycles. The smallest absolute Gasteiger partial charge is 0.160 e. The van der Waals surface area contributed by atoms with Crippen molar-refractivity contribution in [2.45, 2.75) is 0 Å². The molecule has 0 amide bonds. The fourth-order valence-electron chi connectivity index (χ4n) is 4.17. The Kier molecular flexibility index (Phi) is 6.38. The number of fused-ring (bicyclic) bond motifs is 1. The van der Waals surface area contributed by atoms with Crippen LogP contribution in [0.15, 0.2) is 96.5 Å². The Bertz CT molecular complexity index is 1680. The van der Waals surface area contributed by atoms with E-state index in [0.29, 0.717) is 17.1 Å². The maximum absolute atomic E-state index is 14.6. The van der Waals surface area contributed by atoms with Gasteiger partial charge in [-0.05, 0) is 59.2 Å². The predicted octanol–water partition coefficient (Wildman–Crippen LogP) is 5.59. The summed E-state index contributed by atoms with van der Waals surface area (Å²) in [5.41, 5.74) is 17.3. The lowest BCUT2D eigenvalue weighted by atomic mass is 9.97. The van der Waals surface area contributed by atoms with Crippen LogP contribution in [0.25, 0.3) is 50.1 Å². The van der Waals surface area contributed by atoms with Gasteiger partial charge in [-0.1, -0.05) is 24.3 Å². The summed E-state index contributed by atoms with van der Waals surface area (Å²) in [5, 5.41) is 0.768. The number of aliphatic imine (C=N–C) groups is 1. The Morgan fingerprint density at radius 3 is 2.43 bits per heavy atom. The lowest BCUT2D eigenvalue weighted by molar-refractivity contribution is 0.602. The van der Waals surface area contributed by atoms with Gasteiger partial charge in [-0.15, -0.1) is 0 Å². The zero-order chi connectivity index (χ0) is 25.9. The number of aromatic nitrogens is 3. The van der Waals surface area contributed by atoms with Gasteiger partial charge in [-0.3, -0.25) is 9.98 Å². The van der Waals surface area contributed by atoms with E-state index in [2.05, 4.69) is 19.9 Å². The van der Waals surface area contributed by atoms with Crippen LogP contribution < -0.4 is 11.5 Å². The standard InChI is InChI=1S/C29H22F2N6/c1-34-28(33)25(14-32)18-6-4-17(5-7-18)19-11-20(16-35-15-19)23-13-27(24-12-21(30)8-9-26(24)31)37-29-22(23)3-2-10-36-29/h2-16H,32H2,1H3,(H2,33,34). The van der Waals surface area contributed by atoms with Gasteiger partial charge in [-0.25, -0.2) is 18.7 Å². The summed E-state index contributed by atoms with van der Waals surface area (Å²) in [6.07, 6.45) is 6.52. The van der Waals surface area contributed by atoms with Crippen LogP contribution in [0.3, 0.4) is 0 Å². The van der Waals surface area contributed by atoms with E-state index in [1.807, 2.05) is 36.4 Å². The average molecular weight is 493 g/mol. The normalized spacial score (nSPS) is 12.2. The molecule has 4 N–H and O–H groups in total. The monoisotopic (exact) mass is 492 g/mol. The number of nitrogens with zero attached hydrogens (tertiary/aromatic N) is 4. The summed E-state index contributed by atoms with van der Waals surface area (Å²) >= 11 is 0. The first-order chi connectivity index (χ1) is 18.0. The van der Waals surface area contributed by atoms with Gasteiger partial charge in [0.1, 0.15) is 17.5 Å². The third-order valence-electron chi connectivity index (χ3n) is 6.05. The highest BCUT2D eigenvalue weighted by atomic mass is 19.1. The molecular weight excluding hydrogens is 470 g/mol. The van der Waals surface area contributed by atoms with E-state index in [1.165, 1.54) is 6.20 Å². The number of halogens is 2. The summed E-state index contributed by atoms with van der Waals surface area (Å²) in [5.74, 6) is -0.767. The molecule has 37 heavy (non-hydrogen) atoms. The van der Waals surface area contributed by atoms with Gasteiger partial charge in [0.15, 0.2) is 5.65 Å². The van der Waals surface area contributed by atoms with E-state index in [0.717, 1.165) is 51.4 Å². The minimum absolute atomic E-state index is 0.0622. The molecule has 0 aliphatic rings. The third-order valence-corrected chi connectivity index (χ3v) is 6.05. The lowest BCUT2D eigenvalue weighted by Gasteiger charge is -2.12. The van der Waals surface area contributed by atoms with Crippen LogP contribution in [-0.4, -0.2) is 27.8 Å². The molecular formula is C29H22F2N6. The van der Waals surface area contributed by atoms with Crippen molar-refractivity contribution in [3.8, 4) is 33.5 Å². The Morgan fingerprint density at radius 1 is 0.892 bits per heavy atom. The van der Waals surface area contributed by atoms with E-state index < -0.39 is 11.6 Å². The topological polar surface area (TPSA) is 103 Å². The number of pyridine rings is 3. The number of benzene rings is 2. The van der Waals surface area contributed by atoms with Crippen LogP contribution in [0, 0.1) is 11.6 Å². The second kappa shape index (κ2) is 9.94. The van der Waals surface area contributed by atoms with Crippen molar-refractivity contribution in [1.82, 2.24) is 15.0 Å². The number of amidine groups is 1. The zero-order valence-electron chi connectivity index (χ0n) is 19.9.